The van der Waals surface area contributed by atoms with E-state index in [1.165, 1.54) is 12.0 Å². The number of pyridine rings is 1. The molecule has 2 aromatic carbocycles. The summed E-state index contributed by atoms with van der Waals surface area (Å²) in [5.74, 6) is 0.0771. The number of hydrogen-bond acceptors (Lipinski definition) is 2. The van der Waals surface area contributed by atoms with Gasteiger partial charge < -0.3 is 4.90 Å². The van der Waals surface area contributed by atoms with Crippen LogP contribution in [0, 0.1) is 6.92 Å². The standard InChI is InChI=1S/C22H21ClN2O/c1-15-6-5-7-16(12-15)21-14-19(22(26)25-10-3-2-4-11-25)18-13-17(23)8-9-20(18)24-21/h5-9,12-14H,2-4,10-11H2,1H3. The molecule has 0 saturated carbocycles. The van der Waals surface area contributed by atoms with Crippen LogP contribution in [0.2, 0.25) is 5.02 Å². The van der Waals surface area contributed by atoms with Gasteiger partial charge in [-0.1, -0.05) is 35.4 Å². The van der Waals surface area contributed by atoms with Gasteiger partial charge in [0.05, 0.1) is 16.8 Å². The van der Waals surface area contributed by atoms with Crippen molar-refractivity contribution in [2.24, 2.45) is 0 Å². The molecule has 1 fully saturated rings. The first kappa shape index (κ1) is 17.0. The van der Waals surface area contributed by atoms with Crippen molar-refractivity contribution in [2.75, 3.05) is 13.1 Å². The molecule has 0 bridgehead atoms. The lowest BCUT2D eigenvalue weighted by Crippen LogP contribution is -2.35. The molecule has 0 aliphatic carbocycles. The van der Waals surface area contributed by atoms with Crippen LogP contribution in [0.4, 0.5) is 0 Å². The van der Waals surface area contributed by atoms with Crippen molar-refractivity contribution < 1.29 is 4.79 Å². The van der Waals surface area contributed by atoms with E-state index in [9.17, 15) is 4.79 Å². The highest BCUT2D eigenvalue weighted by molar-refractivity contribution is 6.31. The van der Waals surface area contributed by atoms with Gasteiger partial charge in [0.2, 0.25) is 0 Å². The largest absolute Gasteiger partial charge is 0.339 e. The Morgan fingerprint density at radius 3 is 2.62 bits per heavy atom. The van der Waals surface area contributed by atoms with Gasteiger partial charge in [-0.05, 0) is 56.5 Å². The lowest BCUT2D eigenvalue weighted by molar-refractivity contribution is 0.0726. The first-order chi connectivity index (χ1) is 12.6. The number of aryl methyl sites for hydroxylation is 1. The number of aromatic nitrogens is 1. The van der Waals surface area contributed by atoms with Crippen LogP contribution in [0.15, 0.2) is 48.5 Å². The predicted molar refractivity (Wildman–Crippen MR) is 107 cm³/mol. The molecule has 1 amide bonds. The molecule has 3 aromatic rings. The number of halogens is 1. The van der Waals surface area contributed by atoms with Crippen LogP contribution in [0.5, 0.6) is 0 Å². The zero-order chi connectivity index (χ0) is 18.1. The zero-order valence-electron chi connectivity index (χ0n) is 14.8. The molecule has 2 heterocycles. The summed E-state index contributed by atoms with van der Waals surface area (Å²) in [5.41, 5.74) is 4.51. The van der Waals surface area contributed by atoms with Gasteiger partial charge >= 0.3 is 0 Å². The Kier molecular flexibility index (Phi) is 4.64. The van der Waals surface area contributed by atoms with E-state index in [-0.39, 0.29) is 5.91 Å². The summed E-state index contributed by atoms with van der Waals surface area (Å²) in [6.07, 6.45) is 3.34. The van der Waals surface area contributed by atoms with Crippen molar-refractivity contribution in [3.05, 3.63) is 64.7 Å². The first-order valence-electron chi connectivity index (χ1n) is 9.08. The number of amides is 1. The molecule has 0 atom stereocenters. The number of carbonyl (C=O) groups is 1. The highest BCUT2D eigenvalue weighted by atomic mass is 35.5. The minimum atomic E-state index is 0.0771. The smallest absolute Gasteiger partial charge is 0.254 e. The van der Waals surface area contributed by atoms with E-state index >= 15 is 0 Å². The van der Waals surface area contributed by atoms with Crippen LogP contribution in [0.3, 0.4) is 0 Å². The summed E-state index contributed by atoms with van der Waals surface area (Å²) in [7, 11) is 0. The highest BCUT2D eigenvalue weighted by Gasteiger charge is 2.21. The van der Waals surface area contributed by atoms with E-state index in [1.54, 1.807) is 0 Å². The Morgan fingerprint density at radius 1 is 1.04 bits per heavy atom. The average molecular weight is 365 g/mol. The van der Waals surface area contributed by atoms with Gasteiger partial charge in [-0.3, -0.25) is 4.79 Å². The van der Waals surface area contributed by atoms with Crippen LogP contribution in [-0.4, -0.2) is 28.9 Å². The monoisotopic (exact) mass is 364 g/mol. The van der Waals surface area contributed by atoms with Crippen LogP contribution < -0.4 is 0 Å². The average Bonchev–Trinajstić information content (AvgIpc) is 2.67. The molecule has 0 spiro atoms. The van der Waals surface area contributed by atoms with Crippen LogP contribution in [0.25, 0.3) is 22.2 Å². The van der Waals surface area contributed by atoms with Gasteiger partial charge in [0.15, 0.2) is 0 Å². The van der Waals surface area contributed by atoms with E-state index in [0.29, 0.717) is 10.6 Å². The predicted octanol–water partition coefficient (Wildman–Crippen LogP) is 5.49. The first-order valence-corrected chi connectivity index (χ1v) is 9.46. The number of likely N-dealkylation sites (tertiary alicyclic amines) is 1. The summed E-state index contributed by atoms with van der Waals surface area (Å²) >= 11 is 6.21. The lowest BCUT2D eigenvalue weighted by atomic mass is 10.0. The Hall–Kier alpha value is -2.39. The van der Waals surface area contributed by atoms with Gasteiger partial charge in [-0.2, -0.15) is 0 Å². The molecular weight excluding hydrogens is 344 g/mol. The molecule has 1 saturated heterocycles. The third-order valence-electron chi connectivity index (χ3n) is 4.96. The van der Waals surface area contributed by atoms with Crippen molar-refractivity contribution in [3.8, 4) is 11.3 Å². The highest BCUT2D eigenvalue weighted by Crippen LogP contribution is 2.29. The molecule has 4 heteroatoms. The molecule has 1 aromatic heterocycles. The Morgan fingerprint density at radius 2 is 1.85 bits per heavy atom. The molecule has 26 heavy (non-hydrogen) atoms. The van der Waals surface area contributed by atoms with Crippen molar-refractivity contribution in [2.45, 2.75) is 26.2 Å². The van der Waals surface area contributed by atoms with Gasteiger partial charge in [0.1, 0.15) is 0 Å². The molecule has 0 N–H and O–H groups in total. The van der Waals surface area contributed by atoms with E-state index in [2.05, 4.69) is 19.1 Å². The van der Waals surface area contributed by atoms with Gasteiger partial charge in [0.25, 0.3) is 5.91 Å². The number of fused-ring (bicyclic) bond motifs is 1. The van der Waals surface area contributed by atoms with Crippen molar-refractivity contribution in [1.29, 1.82) is 0 Å². The van der Waals surface area contributed by atoms with E-state index in [0.717, 1.165) is 48.1 Å². The molecule has 132 valence electrons. The van der Waals surface area contributed by atoms with Crippen molar-refractivity contribution in [1.82, 2.24) is 9.88 Å². The quantitative estimate of drug-likeness (QED) is 0.602. The maximum atomic E-state index is 13.2. The van der Waals surface area contributed by atoms with E-state index < -0.39 is 0 Å². The Labute approximate surface area is 158 Å². The topological polar surface area (TPSA) is 33.2 Å². The lowest BCUT2D eigenvalue weighted by Gasteiger charge is -2.27. The SMILES string of the molecule is Cc1cccc(-c2cc(C(=O)N3CCCCC3)c3cc(Cl)ccc3n2)c1. The fraction of sp³-hybridized carbons (Fsp3) is 0.273. The fourth-order valence-corrected chi connectivity index (χ4v) is 3.77. The second kappa shape index (κ2) is 7.08. The second-order valence-corrected chi connectivity index (χ2v) is 7.38. The summed E-state index contributed by atoms with van der Waals surface area (Å²) in [4.78, 5) is 20.0. The summed E-state index contributed by atoms with van der Waals surface area (Å²) < 4.78 is 0. The van der Waals surface area contributed by atoms with Crippen LogP contribution in [0.1, 0.15) is 35.2 Å². The number of piperidine rings is 1. The summed E-state index contributed by atoms with van der Waals surface area (Å²) in [5, 5.41) is 1.44. The number of nitrogens with zero attached hydrogens (tertiary/aromatic N) is 2. The third-order valence-corrected chi connectivity index (χ3v) is 5.19. The minimum Gasteiger partial charge on any atom is -0.339 e. The normalized spacial score (nSPS) is 14.6. The number of rotatable bonds is 2. The second-order valence-electron chi connectivity index (χ2n) is 6.94. The maximum Gasteiger partial charge on any atom is 0.254 e. The van der Waals surface area contributed by atoms with E-state index in [1.807, 2.05) is 41.3 Å². The van der Waals surface area contributed by atoms with Crippen molar-refractivity contribution in [3.63, 3.8) is 0 Å². The van der Waals surface area contributed by atoms with Crippen LogP contribution in [-0.2, 0) is 0 Å². The van der Waals surface area contributed by atoms with E-state index in [4.69, 9.17) is 16.6 Å². The minimum absolute atomic E-state index is 0.0771. The maximum absolute atomic E-state index is 13.2. The fourth-order valence-electron chi connectivity index (χ4n) is 3.59. The number of carbonyl (C=O) groups excluding carboxylic acids is 1. The molecular formula is C22H21ClN2O. The van der Waals surface area contributed by atoms with Gasteiger partial charge in [-0.25, -0.2) is 4.98 Å². The summed E-state index contributed by atoms with van der Waals surface area (Å²) in [6.45, 7) is 3.70. The third kappa shape index (κ3) is 3.32. The molecule has 4 rings (SSSR count). The molecule has 1 aliphatic heterocycles. The zero-order valence-corrected chi connectivity index (χ0v) is 15.6. The molecule has 0 unspecified atom stereocenters. The Bertz CT molecular complexity index is 977. The Balaban J connectivity index is 1.88. The number of benzene rings is 2. The van der Waals surface area contributed by atoms with Gasteiger partial charge in [0, 0.05) is 29.1 Å². The van der Waals surface area contributed by atoms with Gasteiger partial charge in [-0.15, -0.1) is 0 Å². The summed E-state index contributed by atoms with van der Waals surface area (Å²) in [6, 6.07) is 15.7. The van der Waals surface area contributed by atoms with Crippen LogP contribution >= 0.6 is 11.6 Å². The van der Waals surface area contributed by atoms with Crippen molar-refractivity contribution >= 4 is 28.4 Å². The molecule has 0 radical (unpaired) electrons. The number of hydrogen-bond donors (Lipinski definition) is 0. The molecule has 3 nitrogen and oxygen atoms in total. The molecule has 1 aliphatic rings.